The first kappa shape index (κ1) is 21.7. The lowest BCUT2D eigenvalue weighted by Gasteiger charge is -2.14. The smallest absolute Gasteiger partial charge is 0.312 e. The van der Waals surface area contributed by atoms with E-state index < -0.39 is 10.8 Å². The molecule has 0 saturated heterocycles. The molecule has 0 bridgehead atoms. The molecule has 2 N–H and O–H groups in total. The molecule has 11 heteroatoms. The number of carbonyl (C=O) groups excluding carboxylic acids is 1. The third-order valence-electron chi connectivity index (χ3n) is 3.79. The maximum Gasteiger partial charge on any atom is 0.312 e. The molecule has 0 aromatic heterocycles. The van der Waals surface area contributed by atoms with Crippen LogP contribution >= 0.6 is 12.2 Å². The number of hydrogen-bond acceptors (Lipinski definition) is 8. The molecule has 2 aromatic rings. The Bertz CT molecular complexity index is 924. The van der Waals surface area contributed by atoms with Gasteiger partial charge in [-0.05, 0) is 36.5 Å². The number of nitro groups is 1. The molecule has 0 heterocycles. The van der Waals surface area contributed by atoms with Gasteiger partial charge >= 0.3 is 5.69 Å². The summed E-state index contributed by atoms with van der Waals surface area (Å²) in [5.74, 6) is 0.527. The fourth-order valence-electron chi connectivity index (χ4n) is 2.46. The molecule has 2 aromatic carbocycles. The quantitative estimate of drug-likeness (QED) is 0.395. The van der Waals surface area contributed by atoms with Crippen LogP contribution in [-0.2, 0) is 0 Å². The predicted octanol–water partition coefficient (Wildman–Crippen LogP) is 2.76. The fourth-order valence-corrected chi connectivity index (χ4v) is 2.67. The summed E-state index contributed by atoms with van der Waals surface area (Å²) in [5.41, 5.74) is 0.285. The number of nitrogens with zero attached hydrogens (tertiary/aromatic N) is 1. The third-order valence-corrected chi connectivity index (χ3v) is 3.99. The molecular weight excluding hydrogens is 402 g/mol. The van der Waals surface area contributed by atoms with Gasteiger partial charge in [-0.25, -0.2) is 0 Å². The number of nitro benzene ring substituents is 1. The zero-order valence-electron chi connectivity index (χ0n) is 16.1. The van der Waals surface area contributed by atoms with Crippen LogP contribution in [0, 0.1) is 10.1 Å². The SMILES string of the molecule is COc1ccc(NC(=S)NC(=O)c2cc(OC)c(OC)c(OC)c2)cc1[N+](=O)[O-]. The highest BCUT2D eigenvalue weighted by molar-refractivity contribution is 7.80. The first-order valence-corrected chi connectivity index (χ1v) is 8.50. The van der Waals surface area contributed by atoms with E-state index in [2.05, 4.69) is 10.6 Å². The Morgan fingerprint density at radius 1 is 0.966 bits per heavy atom. The highest BCUT2D eigenvalue weighted by atomic mass is 32.1. The van der Waals surface area contributed by atoms with E-state index in [9.17, 15) is 14.9 Å². The minimum absolute atomic E-state index is 0.0526. The lowest BCUT2D eigenvalue weighted by atomic mass is 10.1. The molecule has 0 unspecified atom stereocenters. The lowest BCUT2D eigenvalue weighted by Crippen LogP contribution is -2.34. The van der Waals surface area contributed by atoms with E-state index in [1.807, 2.05) is 0 Å². The van der Waals surface area contributed by atoms with Crippen LogP contribution in [0.5, 0.6) is 23.0 Å². The van der Waals surface area contributed by atoms with Crippen molar-refractivity contribution in [1.82, 2.24) is 5.32 Å². The maximum atomic E-state index is 12.5. The molecule has 0 aliphatic rings. The van der Waals surface area contributed by atoms with Crippen molar-refractivity contribution in [3.8, 4) is 23.0 Å². The van der Waals surface area contributed by atoms with Gasteiger partial charge in [0.05, 0.1) is 33.4 Å². The average Bonchev–Trinajstić information content (AvgIpc) is 2.72. The molecule has 0 spiro atoms. The number of benzene rings is 2. The number of methoxy groups -OCH3 is 4. The Morgan fingerprint density at radius 2 is 1.55 bits per heavy atom. The molecule has 2 rings (SSSR count). The number of nitrogens with one attached hydrogen (secondary N) is 2. The summed E-state index contributed by atoms with van der Waals surface area (Å²) in [4.78, 5) is 23.1. The second-order valence-corrected chi connectivity index (χ2v) is 5.87. The normalized spacial score (nSPS) is 9.93. The van der Waals surface area contributed by atoms with Gasteiger partial charge in [-0.2, -0.15) is 0 Å². The van der Waals surface area contributed by atoms with E-state index in [0.717, 1.165) is 0 Å². The van der Waals surface area contributed by atoms with E-state index in [1.165, 1.54) is 58.8 Å². The largest absolute Gasteiger partial charge is 0.493 e. The molecule has 0 radical (unpaired) electrons. The summed E-state index contributed by atoms with van der Waals surface area (Å²) < 4.78 is 20.6. The van der Waals surface area contributed by atoms with E-state index >= 15 is 0 Å². The van der Waals surface area contributed by atoms with Crippen molar-refractivity contribution in [2.24, 2.45) is 0 Å². The topological polar surface area (TPSA) is 121 Å². The van der Waals surface area contributed by atoms with Gasteiger partial charge in [0.25, 0.3) is 5.91 Å². The summed E-state index contributed by atoms with van der Waals surface area (Å²) in [6.07, 6.45) is 0. The third kappa shape index (κ3) is 5.02. The number of anilines is 1. The number of carbonyl (C=O) groups is 1. The number of hydrogen-bond donors (Lipinski definition) is 2. The zero-order valence-corrected chi connectivity index (χ0v) is 16.9. The van der Waals surface area contributed by atoms with Gasteiger partial charge in [-0.15, -0.1) is 0 Å². The van der Waals surface area contributed by atoms with Crippen molar-refractivity contribution >= 4 is 34.6 Å². The van der Waals surface area contributed by atoms with Crippen molar-refractivity contribution < 1.29 is 28.7 Å². The van der Waals surface area contributed by atoms with Crippen LogP contribution in [0.4, 0.5) is 11.4 Å². The van der Waals surface area contributed by atoms with E-state index in [-0.39, 0.29) is 22.1 Å². The van der Waals surface area contributed by atoms with Gasteiger partial charge in [0, 0.05) is 17.3 Å². The van der Waals surface area contributed by atoms with Crippen molar-refractivity contribution in [2.45, 2.75) is 0 Å². The minimum atomic E-state index is -0.582. The van der Waals surface area contributed by atoms with E-state index in [4.69, 9.17) is 31.2 Å². The Hall–Kier alpha value is -3.60. The molecule has 0 fully saturated rings. The van der Waals surface area contributed by atoms with Gasteiger partial charge < -0.3 is 24.3 Å². The highest BCUT2D eigenvalue weighted by Gasteiger charge is 2.19. The van der Waals surface area contributed by atoms with Crippen LogP contribution in [0.15, 0.2) is 30.3 Å². The first-order chi connectivity index (χ1) is 13.8. The first-order valence-electron chi connectivity index (χ1n) is 8.09. The van der Waals surface area contributed by atoms with Gasteiger partial charge in [0.1, 0.15) is 0 Å². The number of ether oxygens (including phenoxy) is 4. The molecule has 0 atom stereocenters. The molecule has 10 nitrogen and oxygen atoms in total. The lowest BCUT2D eigenvalue weighted by molar-refractivity contribution is -0.385. The Kier molecular flexibility index (Phi) is 7.15. The van der Waals surface area contributed by atoms with Crippen LogP contribution < -0.4 is 29.6 Å². The Labute approximate surface area is 171 Å². The predicted molar refractivity (Wildman–Crippen MR) is 109 cm³/mol. The maximum absolute atomic E-state index is 12.5. The van der Waals surface area contributed by atoms with Crippen LogP contribution in [-0.4, -0.2) is 44.4 Å². The minimum Gasteiger partial charge on any atom is -0.493 e. The fraction of sp³-hybridized carbons (Fsp3) is 0.222. The summed E-state index contributed by atoms with van der Waals surface area (Å²) in [6.45, 7) is 0. The molecular formula is C18H19N3O7S. The second kappa shape index (κ2) is 9.55. The average molecular weight is 421 g/mol. The second-order valence-electron chi connectivity index (χ2n) is 5.47. The van der Waals surface area contributed by atoms with Gasteiger partial charge in [0.2, 0.25) is 5.75 Å². The van der Waals surface area contributed by atoms with Crippen molar-refractivity contribution in [2.75, 3.05) is 33.8 Å². The van der Waals surface area contributed by atoms with Crippen molar-refractivity contribution in [3.05, 3.63) is 46.0 Å². The van der Waals surface area contributed by atoms with Crippen molar-refractivity contribution in [1.29, 1.82) is 0 Å². The molecule has 154 valence electrons. The van der Waals surface area contributed by atoms with Crippen LogP contribution in [0.1, 0.15) is 10.4 Å². The van der Waals surface area contributed by atoms with Crippen molar-refractivity contribution in [3.63, 3.8) is 0 Å². The zero-order chi connectivity index (χ0) is 21.6. The summed E-state index contributed by atoms with van der Waals surface area (Å²) in [7, 11) is 5.65. The van der Waals surface area contributed by atoms with Gasteiger partial charge in [0.15, 0.2) is 22.4 Å². The van der Waals surface area contributed by atoms with Crippen LogP contribution in [0.3, 0.4) is 0 Å². The molecule has 0 saturated carbocycles. The summed E-state index contributed by atoms with van der Waals surface area (Å²) >= 11 is 5.12. The summed E-state index contributed by atoms with van der Waals surface area (Å²) in [5, 5.41) is 16.3. The molecule has 0 aliphatic carbocycles. The summed E-state index contributed by atoms with van der Waals surface area (Å²) in [6, 6.07) is 7.14. The highest BCUT2D eigenvalue weighted by Crippen LogP contribution is 2.38. The number of thiocarbonyl (C=S) groups is 1. The molecule has 29 heavy (non-hydrogen) atoms. The standard InChI is InChI=1S/C18H19N3O7S/c1-25-13-6-5-11(9-12(13)21(23)24)19-18(29)20-17(22)10-7-14(26-2)16(28-4)15(8-10)27-3/h5-9H,1-4H3,(H2,19,20,22,29). The molecule has 0 aliphatic heterocycles. The Balaban J connectivity index is 2.18. The van der Waals surface area contributed by atoms with Gasteiger partial charge in [-0.3, -0.25) is 20.2 Å². The number of amides is 1. The van der Waals surface area contributed by atoms with Crippen LogP contribution in [0.25, 0.3) is 0 Å². The van der Waals surface area contributed by atoms with Crippen LogP contribution in [0.2, 0.25) is 0 Å². The number of rotatable bonds is 7. The monoisotopic (exact) mass is 421 g/mol. The van der Waals surface area contributed by atoms with E-state index in [0.29, 0.717) is 22.9 Å². The Morgan fingerprint density at radius 3 is 2.03 bits per heavy atom. The molecule has 1 amide bonds. The van der Waals surface area contributed by atoms with Gasteiger partial charge in [-0.1, -0.05) is 0 Å². The van der Waals surface area contributed by atoms with E-state index in [1.54, 1.807) is 0 Å².